The molecule has 0 N–H and O–H groups in total. The molecule has 0 saturated heterocycles. The standard InChI is InChI=1S/C14H11N3/c15-7-11-5-6-14(16-8-11)17-9-12-3-1-2-4-13(12)10-17/h1-6,8H,9-10H2. The van der Waals surface area contributed by atoms with Crippen LogP contribution in [0, 0.1) is 11.3 Å². The molecular formula is C14H11N3. The van der Waals surface area contributed by atoms with E-state index in [1.165, 1.54) is 11.1 Å². The zero-order valence-corrected chi connectivity index (χ0v) is 9.30. The van der Waals surface area contributed by atoms with Gasteiger partial charge >= 0.3 is 0 Å². The van der Waals surface area contributed by atoms with E-state index >= 15 is 0 Å². The van der Waals surface area contributed by atoms with Gasteiger partial charge in [-0.25, -0.2) is 4.98 Å². The third-order valence-corrected chi connectivity index (χ3v) is 3.04. The average Bonchev–Trinajstić information content (AvgIpc) is 2.82. The fourth-order valence-electron chi connectivity index (χ4n) is 2.13. The lowest BCUT2D eigenvalue weighted by molar-refractivity contribution is 0.856. The molecule has 0 saturated carbocycles. The Balaban J connectivity index is 1.87. The molecule has 3 nitrogen and oxygen atoms in total. The predicted molar refractivity (Wildman–Crippen MR) is 65.3 cm³/mol. The highest BCUT2D eigenvalue weighted by Gasteiger charge is 2.18. The van der Waals surface area contributed by atoms with Gasteiger partial charge in [-0.1, -0.05) is 24.3 Å². The minimum Gasteiger partial charge on any atom is -0.348 e. The summed E-state index contributed by atoms with van der Waals surface area (Å²) in [6.07, 6.45) is 1.62. The second-order valence-electron chi connectivity index (χ2n) is 4.14. The maximum Gasteiger partial charge on any atom is 0.129 e. The van der Waals surface area contributed by atoms with Gasteiger partial charge in [0.15, 0.2) is 0 Å². The number of hydrogen-bond donors (Lipinski definition) is 0. The van der Waals surface area contributed by atoms with Crippen LogP contribution in [-0.2, 0) is 13.1 Å². The molecule has 1 aliphatic rings. The van der Waals surface area contributed by atoms with Gasteiger partial charge in [-0.3, -0.25) is 0 Å². The Morgan fingerprint density at radius 2 is 1.76 bits per heavy atom. The van der Waals surface area contributed by atoms with Crippen LogP contribution in [-0.4, -0.2) is 4.98 Å². The number of anilines is 1. The Bertz CT molecular complexity index is 556. The number of benzene rings is 1. The van der Waals surface area contributed by atoms with Crippen LogP contribution in [0.15, 0.2) is 42.6 Å². The van der Waals surface area contributed by atoms with Gasteiger partial charge in [0.1, 0.15) is 11.9 Å². The van der Waals surface area contributed by atoms with Crippen molar-refractivity contribution in [1.29, 1.82) is 5.26 Å². The van der Waals surface area contributed by atoms with Crippen LogP contribution in [0.2, 0.25) is 0 Å². The Morgan fingerprint density at radius 1 is 1.06 bits per heavy atom. The molecule has 1 aliphatic heterocycles. The van der Waals surface area contributed by atoms with Crippen molar-refractivity contribution in [1.82, 2.24) is 4.98 Å². The van der Waals surface area contributed by atoms with E-state index in [-0.39, 0.29) is 0 Å². The first-order valence-electron chi connectivity index (χ1n) is 5.55. The van der Waals surface area contributed by atoms with E-state index < -0.39 is 0 Å². The molecule has 0 bridgehead atoms. The fraction of sp³-hybridized carbons (Fsp3) is 0.143. The van der Waals surface area contributed by atoms with Crippen LogP contribution in [0.5, 0.6) is 0 Å². The molecule has 3 heteroatoms. The van der Waals surface area contributed by atoms with Crippen LogP contribution >= 0.6 is 0 Å². The van der Waals surface area contributed by atoms with E-state index in [1.807, 2.05) is 12.1 Å². The normalized spacial score (nSPS) is 13.2. The molecule has 2 heterocycles. The van der Waals surface area contributed by atoms with Crippen molar-refractivity contribution in [3.63, 3.8) is 0 Å². The summed E-state index contributed by atoms with van der Waals surface area (Å²) in [5.74, 6) is 0.931. The first-order chi connectivity index (χ1) is 8.36. The summed E-state index contributed by atoms with van der Waals surface area (Å²) in [5, 5.41) is 8.73. The molecule has 0 aliphatic carbocycles. The smallest absolute Gasteiger partial charge is 0.129 e. The summed E-state index contributed by atoms with van der Waals surface area (Å²) in [4.78, 5) is 6.53. The van der Waals surface area contributed by atoms with Crippen LogP contribution in [0.3, 0.4) is 0 Å². The molecule has 0 amide bonds. The van der Waals surface area contributed by atoms with Gasteiger partial charge in [-0.15, -0.1) is 0 Å². The fourth-order valence-corrected chi connectivity index (χ4v) is 2.13. The number of rotatable bonds is 1. The second-order valence-corrected chi connectivity index (χ2v) is 4.14. The van der Waals surface area contributed by atoms with Gasteiger partial charge in [0, 0.05) is 19.3 Å². The molecule has 0 spiro atoms. The van der Waals surface area contributed by atoms with Crippen molar-refractivity contribution in [2.24, 2.45) is 0 Å². The lowest BCUT2D eigenvalue weighted by Gasteiger charge is -2.15. The van der Waals surface area contributed by atoms with Crippen LogP contribution < -0.4 is 4.90 Å². The third-order valence-electron chi connectivity index (χ3n) is 3.04. The molecule has 82 valence electrons. The highest BCUT2D eigenvalue weighted by Crippen LogP contribution is 2.26. The topological polar surface area (TPSA) is 39.9 Å². The largest absolute Gasteiger partial charge is 0.348 e. The number of nitrogens with zero attached hydrogens (tertiary/aromatic N) is 3. The Morgan fingerprint density at radius 3 is 2.29 bits per heavy atom. The molecule has 17 heavy (non-hydrogen) atoms. The average molecular weight is 221 g/mol. The summed E-state index contributed by atoms with van der Waals surface area (Å²) >= 11 is 0. The molecule has 0 unspecified atom stereocenters. The van der Waals surface area contributed by atoms with Crippen LogP contribution in [0.4, 0.5) is 5.82 Å². The summed E-state index contributed by atoms with van der Waals surface area (Å²) < 4.78 is 0. The minimum absolute atomic E-state index is 0.602. The van der Waals surface area contributed by atoms with Gasteiger partial charge < -0.3 is 4.90 Å². The highest BCUT2D eigenvalue weighted by molar-refractivity contribution is 5.48. The zero-order chi connectivity index (χ0) is 11.7. The molecular weight excluding hydrogens is 210 g/mol. The maximum atomic E-state index is 8.73. The number of hydrogen-bond acceptors (Lipinski definition) is 3. The summed E-state index contributed by atoms with van der Waals surface area (Å²) in [7, 11) is 0. The number of aromatic nitrogens is 1. The first-order valence-corrected chi connectivity index (χ1v) is 5.55. The first kappa shape index (κ1) is 9.86. The number of nitriles is 1. The third kappa shape index (κ3) is 1.74. The number of pyridine rings is 1. The van der Waals surface area contributed by atoms with E-state index in [1.54, 1.807) is 6.20 Å². The Labute approximate surface area is 99.9 Å². The summed E-state index contributed by atoms with van der Waals surface area (Å²) in [5.41, 5.74) is 3.32. The second kappa shape index (κ2) is 3.91. The van der Waals surface area contributed by atoms with E-state index in [0.717, 1.165) is 18.9 Å². The maximum absolute atomic E-state index is 8.73. The van der Waals surface area contributed by atoms with E-state index in [4.69, 9.17) is 5.26 Å². The zero-order valence-electron chi connectivity index (χ0n) is 9.30. The van der Waals surface area contributed by atoms with Crippen molar-refractivity contribution in [3.05, 3.63) is 59.3 Å². The van der Waals surface area contributed by atoms with Crippen molar-refractivity contribution < 1.29 is 0 Å². The van der Waals surface area contributed by atoms with Gasteiger partial charge in [-0.2, -0.15) is 5.26 Å². The van der Waals surface area contributed by atoms with E-state index in [0.29, 0.717) is 5.56 Å². The predicted octanol–water partition coefficient (Wildman–Crippen LogP) is 2.47. The van der Waals surface area contributed by atoms with Crippen LogP contribution in [0.1, 0.15) is 16.7 Å². The van der Waals surface area contributed by atoms with Crippen molar-refractivity contribution in [2.75, 3.05) is 4.90 Å². The minimum atomic E-state index is 0.602. The van der Waals surface area contributed by atoms with Gasteiger partial charge in [0.2, 0.25) is 0 Å². The molecule has 2 aromatic rings. The summed E-state index contributed by atoms with van der Waals surface area (Å²) in [6, 6.07) is 14.2. The van der Waals surface area contributed by atoms with E-state index in [9.17, 15) is 0 Å². The quantitative estimate of drug-likeness (QED) is 0.742. The van der Waals surface area contributed by atoms with Gasteiger partial charge in [0.05, 0.1) is 5.56 Å². The molecule has 0 fully saturated rings. The SMILES string of the molecule is N#Cc1ccc(N2Cc3ccccc3C2)nc1. The lowest BCUT2D eigenvalue weighted by Crippen LogP contribution is -2.15. The van der Waals surface area contributed by atoms with Gasteiger partial charge in [-0.05, 0) is 23.3 Å². The monoisotopic (exact) mass is 221 g/mol. The van der Waals surface area contributed by atoms with Crippen molar-refractivity contribution in [2.45, 2.75) is 13.1 Å². The number of fused-ring (bicyclic) bond motifs is 1. The summed E-state index contributed by atoms with van der Waals surface area (Å²) in [6.45, 7) is 1.80. The lowest BCUT2D eigenvalue weighted by atomic mass is 10.1. The van der Waals surface area contributed by atoms with Crippen LogP contribution in [0.25, 0.3) is 0 Å². The van der Waals surface area contributed by atoms with E-state index in [2.05, 4.69) is 40.2 Å². The molecule has 1 aromatic heterocycles. The molecule has 0 atom stereocenters. The molecule has 0 radical (unpaired) electrons. The Hall–Kier alpha value is -2.34. The van der Waals surface area contributed by atoms with Crippen molar-refractivity contribution in [3.8, 4) is 6.07 Å². The Kier molecular flexibility index (Phi) is 2.27. The molecule has 1 aromatic carbocycles. The van der Waals surface area contributed by atoms with Crippen molar-refractivity contribution >= 4 is 5.82 Å². The highest BCUT2D eigenvalue weighted by atomic mass is 15.2. The van der Waals surface area contributed by atoms with Gasteiger partial charge in [0.25, 0.3) is 0 Å². The molecule has 3 rings (SSSR count).